The quantitative estimate of drug-likeness (QED) is 0.548. The van der Waals surface area contributed by atoms with Crippen molar-refractivity contribution in [2.75, 3.05) is 19.6 Å². The molecule has 0 spiro atoms. The van der Waals surface area contributed by atoms with Crippen molar-refractivity contribution in [3.63, 3.8) is 0 Å². The Balaban J connectivity index is 4.25. The topological polar surface area (TPSA) is 20.3 Å². The normalized spacial score (nSPS) is 15.3. The number of hydrogen-bond acceptors (Lipinski definition) is 2. The van der Waals surface area contributed by atoms with E-state index in [9.17, 15) is 4.79 Å². The third-order valence-electron chi connectivity index (χ3n) is 2.77. The van der Waals surface area contributed by atoms with Crippen molar-refractivity contribution in [2.45, 2.75) is 53.4 Å². The van der Waals surface area contributed by atoms with Crippen LogP contribution >= 0.6 is 0 Å². The second-order valence-corrected chi connectivity index (χ2v) is 4.80. The highest BCUT2D eigenvalue weighted by Crippen LogP contribution is 2.22. The Morgan fingerprint density at radius 1 is 1.07 bits per heavy atom. The van der Waals surface area contributed by atoms with E-state index in [0.29, 0.717) is 0 Å². The highest BCUT2D eigenvalue weighted by molar-refractivity contribution is 5.58. The van der Waals surface area contributed by atoms with Crippen LogP contribution in [0.4, 0.5) is 0 Å². The highest BCUT2D eigenvalue weighted by Gasteiger charge is 2.24. The molecule has 0 fully saturated rings. The van der Waals surface area contributed by atoms with Crippen molar-refractivity contribution < 1.29 is 4.79 Å². The first-order valence-corrected chi connectivity index (χ1v) is 6.30. The number of carbonyl (C=O) groups is 1. The molecule has 0 aromatic rings. The van der Waals surface area contributed by atoms with Crippen LogP contribution in [0, 0.1) is 5.41 Å². The molecule has 0 aliphatic heterocycles. The van der Waals surface area contributed by atoms with Gasteiger partial charge in [0, 0.05) is 12.0 Å². The lowest BCUT2D eigenvalue weighted by atomic mass is 9.86. The number of carbonyl (C=O) groups excluding carboxylic acids is 1. The molecule has 0 saturated heterocycles. The molecule has 0 amide bonds. The van der Waals surface area contributed by atoms with Crippen molar-refractivity contribution in [3.05, 3.63) is 0 Å². The van der Waals surface area contributed by atoms with Crippen molar-refractivity contribution in [2.24, 2.45) is 5.41 Å². The van der Waals surface area contributed by atoms with Crippen LogP contribution in [0.25, 0.3) is 0 Å². The van der Waals surface area contributed by atoms with Gasteiger partial charge in [-0.2, -0.15) is 0 Å². The minimum absolute atomic E-state index is 0.140. The first kappa shape index (κ1) is 14.6. The maximum absolute atomic E-state index is 11.1. The van der Waals surface area contributed by atoms with E-state index in [4.69, 9.17) is 0 Å². The predicted octanol–water partition coefficient (Wildman–Crippen LogP) is 3.11. The van der Waals surface area contributed by atoms with Gasteiger partial charge >= 0.3 is 0 Å². The summed E-state index contributed by atoms with van der Waals surface area (Å²) in [6, 6.07) is 0. The summed E-state index contributed by atoms with van der Waals surface area (Å²) in [6.07, 6.45) is 5.57. The van der Waals surface area contributed by atoms with Crippen molar-refractivity contribution in [1.82, 2.24) is 4.90 Å². The molecule has 0 bridgehead atoms. The molecule has 1 unspecified atom stereocenters. The lowest BCUT2D eigenvalue weighted by Gasteiger charge is -2.31. The van der Waals surface area contributed by atoms with Gasteiger partial charge in [0.2, 0.25) is 0 Å². The van der Waals surface area contributed by atoms with Crippen LogP contribution in [0.15, 0.2) is 0 Å². The Kier molecular flexibility index (Phi) is 7.67. The fourth-order valence-electron chi connectivity index (χ4n) is 2.16. The fourth-order valence-corrected chi connectivity index (χ4v) is 2.16. The summed E-state index contributed by atoms with van der Waals surface area (Å²) in [4.78, 5) is 13.6. The van der Waals surface area contributed by atoms with E-state index in [1.165, 1.54) is 12.8 Å². The van der Waals surface area contributed by atoms with E-state index in [2.05, 4.69) is 32.6 Å². The van der Waals surface area contributed by atoms with E-state index < -0.39 is 0 Å². The fraction of sp³-hybridized carbons (Fsp3) is 0.923. The lowest BCUT2D eigenvalue weighted by Crippen LogP contribution is -2.38. The van der Waals surface area contributed by atoms with Crippen molar-refractivity contribution >= 4 is 6.29 Å². The summed E-state index contributed by atoms with van der Waals surface area (Å²) in [5.74, 6) is 0. The van der Waals surface area contributed by atoms with Crippen LogP contribution in [-0.2, 0) is 4.79 Å². The summed E-state index contributed by atoms with van der Waals surface area (Å²) in [6.45, 7) is 11.8. The Labute approximate surface area is 95.0 Å². The Morgan fingerprint density at radius 2 is 1.60 bits per heavy atom. The van der Waals surface area contributed by atoms with E-state index in [-0.39, 0.29) is 5.41 Å². The van der Waals surface area contributed by atoms with Gasteiger partial charge in [-0.25, -0.2) is 0 Å². The van der Waals surface area contributed by atoms with Crippen LogP contribution in [0.2, 0.25) is 0 Å². The van der Waals surface area contributed by atoms with Gasteiger partial charge in [0.15, 0.2) is 0 Å². The van der Waals surface area contributed by atoms with Crippen LogP contribution < -0.4 is 0 Å². The van der Waals surface area contributed by atoms with Gasteiger partial charge in [-0.3, -0.25) is 0 Å². The SMILES string of the molecule is CCCN(CCC)CC(C)(C=O)CCC. The second-order valence-electron chi connectivity index (χ2n) is 4.80. The molecule has 2 heteroatoms. The van der Waals surface area contributed by atoms with E-state index in [1.807, 2.05) is 0 Å². The second kappa shape index (κ2) is 7.86. The highest BCUT2D eigenvalue weighted by atomic mass is 16.1. The zero-order valence-electron chi connectivity index (χ0n) is 10.9. The largest absolute Gasteiger partial charge is 0.303 e. The molecule has 0 aromatic heterocycles. The number of nitrogens with zero attached hydrogens (tertiary/aromatic N) is 1. The molecule has 0 rings (SSSR count). The van der Waals surface area contributed by atoms with E-state index in [1.54, 1.807) is 0 Å². The van der Waals surface area contributed by atoms with Crippen LogP contribution in [-0.4, -0.2) is 30.8 Å². The molecule has 0 aliphatic rings. The summed E-state index contributed by atoms with van der Waals surface area (Å²) < 4.78 is 0. The zero-order chi connectivity index (χ0) is 11.7. The molecule has 0 saturated carbocycles. The first-order chi connectivity index (χ1) is 7.11. The van der Waals surface area contributed by atoms with Gasteiger partial charge in [0.25, 0.3) is 0 Å². The molecule has 15 heavy (non-hydrogen) atoms. The average Bonchev–Trinajstić information content (AvgIpc) is 2.19. The van der Waals surface area contributed by atoms with Crippen LogP contribution in [0.1, 0.15) is 53.4 Å². The van der Waals surface area contributed by atoms with E-state index >= 15 is 0 Å². The van der Waals surface area contributed by atoms with Gasteiger partial charge < -0.3 is 9.69 Å². The van der Waals surface area contributed by atoms with Gasteiger partial charge in [0.1, 0.15) is 6.29 Å². The maximum atomic E-state index is 11.1. The summed E-state index contributed by atoms with van der Waals surface area (Å²) in [7, 11) is 0. The number of aldehydes is 1. The summed E-state index contributed by atoms with van der Waals surface area (Å²) >= 11 is 0. The monoisotopic (exact) mass is 213 g/mol. The molecular formula is C13H27NO. The number of rotatable bonds is 9. The Morgan fingerprint density at radius 3 is 1.93 bits per heavy atom. The lowest BCUT2D eigenvalue weighted by molar-refractivity contribution is -0.116. The van der Waals surface area contributed by atoms with Crippen molar-refractivity contribution in [1.29, 1.82) is 0 Å². The molecule has 0 heterocycles. The maximum Gasteiger partial charge on any atom is 0.127 e. The molecule has 0 aliphatic carbocycles. The van der Waals surface area contributed by atoms with Gasteiger partial charge in [-0.1, -0.05) is 34.1 Å². The standard InChI is InChI=1S/C13H27NO/c1-5-8-13(4,12-15)11-14(9-6-2)10-7-3/h12H,5-11H2,1-4H3. The molecule has 0 N–H and O–H groups in total. The smallest absolute Gasteiger partial charge is 0.127 e. The van der Waals surface area contributed by atoms with Gasteiger partial charge in [-0.05, 0) is 32.4 Å². The third-order valence-corrected chi connectivity index (χ3v) is 2.77. The minimum Gasteiger partial charge on any atom is -0.303 e. The third kappa shape index (κ3) is 5.93. The first-order valence-electron chi connectivity index (χ1n) is 6.30. The number of hydrogen-bond donors (Lipinski definition) is 0. The van der Waals surface area contributed by atoms with Crippen molar-refractivity contribution in [3.8, 4) is 0 Å². The van der Waals surface area contributed by atoms with Gasteiger partial charge in [-0.15, -0.1) is 0 Å². The minimum atomic E-state index is -0.140. The Bertz CT molecular complexity index is 164. The van der Waals surface area contributed by atoms with E-state index in [0.717, 1.165) is 38.8 Å². The molecule has 90 valence electrons. The Hall–Kier alpha value is -0.370. The molecular weight excluding hydrogens is 186 g/mol. The molecule has 0 aromatic carbocycles. The van der Waals surface area contributed by atoms with Crippen LogP contribution in [0.3, 0.4) is 0 Å². The zero-order valence-corrected chi connectivity index (χ0v) is 10.9. The molecule has 0 radical (unpaired) electrons. The summed E-state index contributed by atoms with van der Waals surface area (Å²) in [5, 5.41) is 0. The van der Waals surface area contributed by atoms with Crippen LogP contribution in [0.5, 0.6) is 0 Å². The molecule has 1 atom stereocenters. The van der Waals surface area contributed by atoms with Gasteiger partial charge in [0.05, 0.1) is 0 Å². The average molecular weight is 213 g/mol. The molecule has 2 nitrogen and oxygen atoms in total. The predicted molar refractivity (Wildman–Crippen MR) is 66.1 cm³/mol. The summed E-state index contributed by atoms with van der Waals surface area (Å²) in [5.41, 5.74) is -0.140.